The minimum Gasteiger partial charge on any atom is -0.497 e. The molecule has 0 heterocycles. The van der Waals surface area contributed by atoms with E-state index in [1.54, 1.807) is 18.9 Å². The average molecular weight is 264 g/mol. The van der Waals surface area contributed by atoms with E-state index in [1.165, 1.54) is 25.7 Å². The highest BCUT2D eigenvalue weighted by molar-refractivity contribution is 7.99. The molecule has 1 saturated carbocycles. The fourth-order valence-corrected chi connectivity index (χ4v) is 3.51. The van der Waals surface area contributed by atoms with E-state index in [0.29, 0.717) is 5.75 Å². The predicted octanol–water partition coefficient (Wildman–Crippen LogP) is 3.80. The SMILES string of the molecule is COc1cccc(C(=O)CSCC2CCCC2)c1. The lowest BCUT2D eigenvalue weighted by atomic mass is 10.1. The molecule has 2 rings (SSSR count). The Morgan fingerprint density at radius 3 is 2.89 bits per heavy atom. The van der Waals surface area contributed by atoms with Crippen LogP contribution < -0.4 is 4.74 Å². The number of carbonyl (C=O) groups is 1. The van der Waals surface area contributed by atoms with Crippen LogP contribution in [0.4, 0.5) is 0 Å². The molecule has 3 heteroatoms. The second-order valence-electron chi connectivity index (χ2n) is 4.82. The van der Waals surface area contributed by atoms with Crippen LogP contribution >= 0.6 is 11.8 Å². The van der Waals surface area contributed by atoms with Crippen LogP contribution in [-0.4, -0.2) is 24.4 Å². The van der Waals surface area contributed by atoms with Crippen molar-refractivity contribution in [3.8, 4) is 5.75 Å². The lowest BCUT2D eigenvalue weighted by Gasteiger charge is -2.08. The van der Waals surface area contributed by atoms with Gasteiger partial charge in [0, 0.05) is 5.56 Å². The number of rotatable bonds is 6. The normalized spacial score (nSPS) is 15.8. The smallest absolute Gasteiger partial charge is 0.172 e. The van der Waals surface area contributed by atoms with Crippen molar-refractivity contribution in [1.82, 2.24) is 0 Å². The molecule has 18 heavy (non-hydrogen) atoms. The molecule has 0 spiro atoms. The first-order chi connectivity index (χ1) is 8.79. The van der Waals surface area contributed by atoms with Gasteiger partial charge in [0.1, 0.15) is 5.75 Å². The number of ether oxygens (including phenoxy) is 1. The molecule has 1 aliphatic rings. The lowest BCUT2D eigenvalue weighted by Crippen LogP contribution is -2.05. The minimum absolute atomic E-state index is 0.205. The van der Waals surface area contributed by atoms with Gasteiger partial charge in [0.2, 0.25) is 0 Å². The van der Waals surface area contributed by atoms with Crippen LogP contribution in [-0.2, 0) is 0 Å². The van der Waals surface area contributed by atoms with Crippen LogP contribution in [0.15, 0.2) is 24.3 Å². The van der Waals surface area contributed by atoms with Crippen molar-refractivity contribution in [2.24, 2.45) is 5.92 Å². The molecular weight excluding hydrogens is 244 g/mol. The van der Waals surface area contributed by atoms with E-state index in [4.69, 9.17) is 4.74 Å². The number of Topliss-reactive ketones (excluding diaryl/α,β-unsaturated/α-hetero) is 1. The van der Waals surface area contributed by atoms with Crippen LogP contribution in [0, 0.1) is 5.92 Å². The average Bonchev–Trinajstić information content (AvgIpc) is 2.92. The number of ketones is 1. The third-order valence-corrected chi connectivity index (χ3v) is 4.63. The molecule has 1 aromatic carbocycles. The first kappa shape index (κ1) is 13.5. The van der Waals surface area contributed by atoms with Gasteiger partial charge in [-0.05, 0) is 36.6 Å². The van der Waals surface area contributed by atoms with Gasteiger partial charge in [-0.15, -0.1) is 0 Å². The highest BCUT2D eigenvalue weighted by Crippen LogP contribution is 2.28. The summed E-state index contributed by atoms with van der Waals surface area (Å²) in [6.07, 6.45) is 5.44. The zero-order valence-corrected chi connectivity index (χ0v) is 11.7. The fourth-order valence-electron chi connectivity index (χ4n) is 2.38. The Balaban J connectivity index is 1.79. The molecule has 1 fully saturated rings. The van der Waals surface area contributed by atoms with Gasteiger partial charge in [-0.2, -0.15) is 11.8 Å². The van der Waals surface area contributed by atoms with Crippen molar-refractivity contribution >= 4 is 17.5 Å². The molecule has 1 aromatic rings. The molecular formula is C15H20O2S. The zero-order chi connectivity index (χ0) is 12.8. The van der Waals surface area contributed by atoms with E-state index in [0.717, 1.165) is 23.0 Å². The maximum Gasteiger partial charge on any atom is 0.172 e. The van der Waals surface area contributed by atoms with E-state index in [9.17, 15) is 4.79 Å². The number of hydrogen-bond donors (Lipinski definition) is 0. The van der Waals surface area contributed by atoms with Gasteiger partial charge in [0.25, 0.3) is 0 Å². The summed E-state index contributed by atoms with van der Waals surface area (Å²) in [4.78, 5) is 12.0. The molecule has 2 nitrogen and oxygen atoms in total. The largest absolute Gasteiger partial charge is 0.497 e. The van der Waals surface area contributed by atoms with E-state index in [-0.39, 0.29) is 5.78 Å². The standard InChI is InChI=1S/C15H20O2S/c1-17-14-8-4-7-13(9-14)15(16)11-18-10-12-5-2-3-6-12/h4,7-9,12H,2-3,5-6,10-11H2,1H3. The summed E-state index contributed by atoms with van der Waals surface area (Å²) >= 11 is 1.78. The zero-order valence-electron chi connectivity index (χ0n) is 10.9. The number of thioether (sulfide) groups is 1. The van der Waals surface area contributed by atoms with Gasteiger partial charge in [-0.3, -0.25) is 4.79 Å². The molecule has 0 saturated heterocycles. The Labute approximate surface area is 113 Å². The summed E-state index contributed by atoms with van der Waals surface area (Å²) in [6, 6.07) is 7.41. The molecule has 0 atom stereocenters. The number of benzene rings is 1. The molecule has 1 aliphatic carbocycles. The maximum absolute atomic E-state index is 12.0. The Bertz CT molecular complexity index is 397. The predicted molar refractivity (Wildman–Crippen MR) is 76.6 cm³/mol. The highest BCUT2D eigenvalue weighted by atomic mass is 32.2. The van der Waals surface area contributed by atoms with Gasteiger partial charge < -0.3 is 4.74 Å². The first-order valence-corrected chi connectivity index (χ1v) is 7.70. The molecule has 0 unspecified atom stereocenters. The van der Waals surface area contributed by atoms with Crippen LogP contribution in [0.1, 0.15) is 36.0 Å². The van der Waals surface area contributed by atoms with Crippen LogP contribution in [0.5, 0.6) is 5.75 Å². The van der Waals surface area contributed by atoms with Gasteiger partial charge in [-0.1, -0.05) is 25.0 Å². The lowest BCUT2D eigenvalue weighted by molar-refractivity contribution is 0.102. The van der Waals surface area contributed by atoms with Crippen LogP contribution in [0.2, 0.25) is 0 Å². The Morgan fingerprint density at radius 2 is 2.17 bits per heavy atom. The summed E-state index contributed by atoms with van der Waals surface area (Å²) < 4.78 is 5.13. The molecule has 0 aromatic heterocycles. The van der Waals surface area contributed by atoms with Crippen molar-refractivity contribution in [1.29, 1.82) is 0 Å². The van der Waals surface area contributed by atoms with Crippen LogP contribution in [0.25, 0.3) is 0 Å². The van der Waals surface area contributed by atoms with Gasteiger partial charge in [0.05, 0.1) is 12.9 Å². The second-order valence-corrected chi connectivity index (χ2v) is 5.85. The summed E-state index contributed by atoms with van der Waals surface area (Å²) in [7, 11) is 1.62. The monoisotopic (exact) mass is 264 g/mol. The van der Waals surface area contributed by atoms with Crippen molar-refractivity contribution in [3.05, 3.63) is 29.8 Å². The van der Waals surface area contributed by atoms with Crippen molar-refractivity contribution in [2.75, 3.05) is 18.6 Å². The highest BCUT2D eigenvalue weighted by Gasteiger charge is 2.15. The van der Waals surface area contributed by atoms with E-state index >= 15 is 0 Å². The van der Waals surface area contributed by atoms with Crippen molar-refractivity contribution in [2.45, 2.75) is 25.7 Å². The first-order valence-electron chi connectivity index (χ1n) is 6.54. The summed E-state index contributed by atoms with van der Waals surface area (Å²) in [5.74, 6) is 3.52. The molecule has 0 aliphatic heterocycles. The van der Waals surface area contributed by atoms with Gasteiger partial charge in [-0.25, -0.2) is 0 Å². The Kier molecular flexibility index (Phi) is 5.12. The third kappa shape index (κ3) is 3.77. The number of hydrogen-bond acceptors (Lipinski definition) is 3. The van der Waals surface area contributed by atoms with Crippen molar-refractivity contribution in [3.63, 3.8) is 0 Å². The third-order valence-electron chi connectivity index (χ3n) is 3.45. The maximum atomic E-state index is 12.0. The van der Waals surface area contributed by atoms with Gasteiger partial charge in [0.15, 0.2) is 5.78 Å². The van der Waals surface area contributed by atoms with Crippen LogP contribution in [0.3, 0.4) is 0 Å². The van der Waals surface area contributed by atoms with E-state index in [2.05, 4.69) is 0 Å². The van der Waals surface area contributed by atoms with E-state index in [1.807, 2.05) is 24.3 Å². The fraction of sp³-hybridized carbons (Fsp3) is 0.533. The molecule has 0 N–H and O–H groups in total. The number of carbonyl (C=O) groups excluding carboxylic acids is 1. The number of methoxy groups -OCH3 is 1. The summed E-state index contributed by atoms with van der Waals surface area (Å²) in [5.41, 5.74) is 0.758. The van der Waals surface area contributed by atoms with E-state index < -0.39 is 0 Å². The second kappa shape index (κ2) is 6.83. The molecule has 0 amide bonds. The summed E-state index contributed by atoms with van der Waals surface area (Å²) in [6.45, 7) is 0. The molecule has 0 radical (unpaired) electrons. The topological polar surface area (TPSA) is 26.3 Å². The Morgan fingerprint density at radius 1 is 1.39 bits per heavy atom. The Hall–Kier alpha value is -0.960. The van der Waals surface area contributed by atoms with Crippen molar-refractivity contribution < 1.29 is 9.53 Å². The summed E-state index contributed by atoms with van der Waals surface area (Å²) in [5, 5.41) is 0. The minimum atomic E-state index is 0.205. The quantitative estimate of drug-likeness (QED) is 0.731. The van der Waals surface area contributed by atoms with Gasteiger partial charge >= 0.3 is 0 Å². The molecule has 0 bridgehead atoms. The molecule has 98 valence electrons.